The number of benzene rings is 2. The van der Waals surface area contributed by atoms with E-state index in [9.17, 15) is 37.8 Å². The molecule has 0 aliphatic rings. The molecule has 0 aliphatic heterocycles. The highest BCUT2D eigenvalue weighted by molar-refractivity contribution is 9.10. The fraction of sp³-hybridized carbons (Fsp3) is 0.0714. The zero-order valence-corrected chi connectivity index (χ0v) is 14.3. The maximum absolute atomic E-state index is 14.1. The van der Waals surface area contributed by atoms with Crippen molar-refractivity contribution in [3.63, 3.8) is 0 Å². The first-order valence-corrected chi connectivity index (χ1v) is 7.45. The number of nitrogens with zero attached hydrogens (tertiary/aromatic N) is 3. The van der Waals surface area contributed by atoms with Gasteiger partial charge in [-0.25, -0.2) is 4.39 Å². The summed E-state index contributed by atoms with van der Waals surface area (Å²) in [6.07, 6.45) is -5.21. The molecule has 0 unspecified atom stereocenters. The van der Waals surface area contributed by atoms with Gasteiger partial charge in [-0.15, -0.1) is 0 Å². The Labute approximate surface area is 155 Å². The number of nitro groups is 2. The van der Waals surface area contributed by atoms with E-state index in [1.807, 2.05) is 5.32 Å². The Hall–Kier alpha value is -3.27. The fourth-order valence-corrected chi connectivity index (χ4v) is 2.63. The van der Waals surface area contributed by atoms with E-state index in [4.69, 9.17) is 5.26 Å². The Morgan fingerprint density at radius 2 is 1.70 bits per heavy atom. The standard InChI is InChI=1S/C14H5BrF4N4O4/c15-9-1-6(5-20)2-10(16)13(9)21-12-8(14(17,18)19)3-7(22(24)25)4-11(12)23(26)27/h1-4,21H. The van der Waals surface area contributed by atoms with Gasteiger partial charge in [0.15, 0.2) is 0 Å². The van der Waals surface area contributed by atoms with Gasteiger partial charge in [0, 0.05) is 10.5 Å². The number of halogens is 5. The number of hydrogen-bond donors (Lipinski definition) is 1. The average molecular weight is 449 g/mol. The van der Waals surface area contributed by atoms with Crippen molar-refractivity contribution < 1.29 is 27.4 Å². The maximum atomic E-state index is 14.1. The van der Waals surface area contributed by atoms with Crippen LogP contribution >= 0.6 is 15.9 Å². The largest absolute Gasteiger partial charge is 0.418 e. The molecule has 2 aromatic carbocycles. The van der Waals surface area contributed by atoms with Crippen LogP contribution in [0.25, 0.3) is 0 Å². The highest BCUT2D eigenvalue weighted by Crippen LogP contribution is 2.44. The van der Waals surface area contributed by atoms with Gasteiger partial charge in [0.2, 0.25) is 0 Å². The predicted molar refractivity (Wildman–Crippen MR) is 86.9 cm³/mol. The van der Waals surface area contributed by atoms with Crippen LogP contribution in [0.15, 0.2) is 28.7 Å². The summed E-state index contributed by atoms with van der Waals surface area (Å²) in [5, 5.41) is 32.7. The molecule has 0 amide bonds. The van der Waals surface area contributed by atoms with E-state index in [1.165, 1.54) is 0 Å². The number of rotatable bonds is 4. The third-order valence-corrected chi connectivity index (χ3v) is 3.86. The highest BCUT2D eigenvalue weighted by Gasteiger charge is 2.40. The van der Waals surface area contributed by atoms with Crippen molar-refractivity contribution in [2.45, 2.75) is 6.18 Å². The van der Waals surface area contributed by atoms with Crippen LogP contribution in [-0.2, 0) is 6.18 Å². The van der Waals surface area contributed by atoms with Gasteiger partial charge < -0.3 is 5.32 Å². The molecule has 0 atom stereocenters. The molecule has 0 radical (unpaired) electrons. The van der Waals surface area contributed by atoms with Crippen molar-refractivity contribution >= 4 is 38.7 Å². The molecule has 0 saturated carbocycles. The van der Waals surface area contributed by atoms with Crippen molar-refractivity contribution in [3.05, 3.63) is 65.9 Å². The molecule has 0 fully saturated rings. The minimum Gasteiger partial charge on any atom is -0.346 e. The third-order valence-electron chi connectivity index (χ3n) is 3.24. The van der Waals surface area contributed by atoms with E-state index < -0.39 is 50.2 Å². The summed E-state index contributed by atoms with van der Waals surface area (Å²) in [5.74, 6) is -1.17. The molecule has 0 heterocycles. The smallest absolute Gasteiger partial charge is 0.346 e. The van der Waals surface area contributed by atoms with E-state index in [0.717, 1.165) is 6.07 Å². The lowest BCUT2D eigenvalue weighted by atomic mass is 10.1. The first-order valence-electron chi connectivity index (χ1n) is 6.66. The first kappa shape index (κ1) is 20.0. The normalized spacial score (nSPS) is 11.0. The molecule has 2 aromatic rings. The van der Waals surface area contributed by atoms with Crippen molar-refractivity contribution in [2.24, 2.45) is 0 Å². The van der Waals surface area contributed by atoms with Gasteiger partial charge in [0.25, 0.3) is 11.4 Å². The topological polar surface area (TPSA) is 122 Å². The zero-order chi connectivity index (χ0) is 20.5. The quantitative estimate of drug-likeness (QED) is 0.397. The lowest BCUT2D eigenvalue weighted by Gasteiger charge is -2.16. The van der Waals surface area contributed by atoms with Gasteiger partial charge in [-0.3, -0.25) is 20.2 Å². The van der Waals surface area contributed by atoms with Gasteiger partial charge in [0.05, 0.1) is 38.8 Å². The summed E-state index contributed by atoms with van der Waals surface area (Å²) in [5.41, 5.74) is -6.09. The van der Waals surface area contributed by atoms with Gasteiger partial charge >= 0.3 is 6.18 Å². The van der Waals surface area contributed by atoms with Crippen molar-refractivity contribution in [1.29, 1.82) is 5.26 Å². The minimum atomic E-state index is -5.21. The van der Waals surface area contributed by atoms with Crippen LogP contribution in [0.1, 0.15) is 11.1 Å². The SMILES string of the molecule is N#Cc1cc(F)c(Nc2c([N+](=O)[O-])cc([N+](=O)[O-])cc2C(F)(F)F)c(Br)c1. The summed E-state index contributed by atoms with van der Waals surface area (Å²) in [6, 6.07) is 3.84. The molecule has 140 valence electrons. The van der Waals surface area contributed by atoms with E-state index in [0.29, 0.717) is 12.1 Å². The Bertz CT molecular complexity index is 981. The van der Waals surface area contributed by atoms with Gasteiger partial charge in [-0.2, -0.15) is 18.4 Å². The summed E-state index contributed by atoms with van der Waals surface area (Å²) in [7, 11) is 0. The van der Waals surface area contributed by atoms with Crippen LogP contribution in [0.4, 0.5) is 40.3 Å². The molecular formula is C14H5BrF4N4O4. The van der Waals surface area contributed by atoms with Crippen LogP contribution in [0, 0.1) is 37.4 Å². The molecule has 0 aromatic heterocycles. The molecule has 13 heteroatoms. The lowest BCUT2D eigenvalue weighted by molar-refractivity contribution is -0.394. The van der Waals surface area contributed by atoms with E-state index in [1.54, 1.807) is 6.07 Å². The Balaban J connectivity index is 2.78. The fourth-order valence-electron chi connectivity index (χ4n) is 2.10. The summed E-state index contributed by atoms with van der Waals surface area (Å²) in [4.78, 5) is 19.5. The number of nitriles is 1. The number of nitrogens with one attached hydrogen (secondary N) is 1. The molecule has 8 nitrogen and oxygen atoms in total. The second-order valence-electron chi connectivity index (χ2n) is 4.95. The van der Waals surface area contributed by atoms with Crippen LogP contribution in [0.5, 0.6) is 0 Å². The van der Waals surface area contributed by atoms with Crippen LogP contribution < -0.4 is 5.32 Å². The molecule has 0 saturated heterocycles. The van der Waals surface area contributed by atoms with Gasteiger partial charge in [0.1, 0.15) is 11.5 Å². The summed E-state index contributed by atoms with van der Waals surface area (Å²) >= 11 is 2.86. The van der Waals surface area contributed by atoms with E-state index in [-0.39, 0.29) is 16.1 Å². The Morgan fingerprint density at radius 3 is 2.15 bits per heavy atom. The van der Waals surface area contributed by atoms with E-state index >= 15 is 0 Å². The molecule has 27 heavy (non-hydrogen) atoms. The molecule has 0 aliphatic carbocycles. The zero-order valence-electron chi connectivity index (χ0n) is 12.7. The summed E-state index contributed by atoms with van der Waals surface area (Å²) < 4.78 is 53.9. The van der Waals surface area contributed by atoms with Crippen LogP contribution in [-0.4, -0.2) is 9.85 Å². The summed E-state index contributed by atoms with van der Waals surface area (Å²) in [6.45, 7) is 0. The van der Waals surface area contributed by atoms with Crippen LogP contribution in [0.3, 0.4) is 0 Å². The van der Waals surface area contributed by atoms with E-state index in [2.05, 4.69) is 15.9 Å². The monoisotopic (exact) mass is 448 g/mol. The van der Waals surface area contributed by atoms with Crippen molar-refractivity contribution in [1.82, 2.24) is 0 Å². The third kappa shape index (κ3) is 4.11. The molecule has 1 N–H and O–H groups in total. The van der Waals surface area contributed by atoms with Gasteiger partial charge in [-0.05, 0) is 28.1 Å². The van der Waals surface area contributed by atoms with Gasteiger partial charge in [-0.1, -0.05) is 0 Å². The highest BCUT2D eigenvalue weighted by atomic mass is 79.9. The predicted octanol–water partition coefficient (Wildman–Crippen LogP) is 5.04. The number of nitro benzene ring substituents is 2. The maximum Gasteiger partial charge on any atom is 0.418 e. The van der Waals surface area contributed by atoms with Crippen molar-refractivity contribution in [3.8, 4) is 6.07 Å². The lowest BCUT2D eigenvalue weighted by Crippen LogP contribution is -2.12. The minimum absolute atomic E-state index is 0.102. The number of alkyl halides is 3. The molecule has 0 bridgehead atoms. The second-order valence-corrected chi connectivity index (χ2v) is 5.81. The molecular weight excluding hydrogens is 444 g/mol. The molecule has 0 spiro atoms. The number of hydrogen-bond acceptors (Lipinski definition) is 6. The van der Waals surface area contributed by atoms with Crippen LogP contribution in [0.2, 0.25) is 0 Å². The first-order chi connectivity index (χ1) is 12.5. The Kier molecular flexibility index (Phi) is 5.31. The second kappa shape index (κ2) is 7.16. The average Bonchev–Trinajstić information content (AvgIpc) is 2.56. The number of anilines is 2. The van der Waals surface area contributed by atoms with Crippen molar-refractivity contribution in [2.75, 3.05) is 5.32 Å². The molecule has 2 rings (SSSR count). The Morgan fingerprint density at radius 1 is 1.07 bits per heavy atom. The number of non-ortho nitro benzene ring substituents is 1.